The molecule has 5 rings (SSSR count). The SMILES string of the molecule is C[C@H](NC(=O)N1CCC2(C1)OCCn1nc(-c3cnc(N)c(OC(F)(F)F)c3)cc12)c1ccncc1Cl. The van der Waals surface area contributed by atoms with Crippen molar-refractivity contribution in [1.29, 1.82) is 0 Å². The number of pyridine rings is 2. The molecule has 1 spiro atoms. The number of carbonyl (C=O) groups is 1. The third-order valence-corrected chi connectivity index (χ3v) is 6.78. The first-order chi connectivity index (χ1) is 17.5. The normalized spacial score (nSPS) is 20.1. The van der Waals surface area contributed by atoms with Crippen LogP contribution in [0.4, 0.5) is 23.8 Å². The van der Waals surface area contributed by atoms with E-state index < -0.39 is 17.7 Å². The van der Waals surface area contributed by atoms with Gasteiger partial charge >= 0.3 is 12.4 Å². The summed E-state index contributed by atoms with van der Waals surface area (Å²) in [5.74, 6) is -0.987. The number of fused-ring (bicyclic) bond motifs is 2. The number of amides is 2. The van der Waals surface area contributed by atoms with E-state index in [0.717, 1.165) is 17.3 Å². The minimum atomic E-state index is -4.91. The van der Waals surface area contributed by atoms with Gasteiger partial charge in [0.05, 0.1) is 42.1 Å². The standard InChI is InChI=1S/C23H23ClF3N7O3/c1-13(15-2-4-29-11-16(15)24)31-21(35)33-5-3-22(12-33)19-9-17(32-34(19)6-7-36-22)14-8-18(20(28)30-10-14)37-23(25,26)27/h2,4,8-11,13H,3,5-7,12H2,1H3,(H2,28,30)(H,31,35)/t13-,22?/m0/s1. The van der Waals surface area contributed by atoms with Gasteiger partial charge < -0.3 is 25.4 Å². The highest BCUT2D eigenvalue weighted by Gasteiger charge is 2.47. The van der Waals surface area contributed by atoms with Crippen molar-refractivity contribution in [2.45, 2.75) is 37.9 Å². The van der Waals surface area contributed by atoms with Crippen LogP contribution in [0.1, 0.15) is 30.6 Å². The van der Waals surface area contributed by atoms with Crippen LogP contribution in [0.25, 0.3) is 11.3 Å². The molecule has 14 heteroatoms. The molecule has 5 heterocycles. The molecule has 37 heavy (non-hydrogen) atoms. The monoisotopic (exact) mass is 537 g/mol. The van der Waals surface area contributed by atoms with Crippen molar-refractivity contribution in [3.05, 3.63) is 53.1 Å². The Morgan fingerprint density at radius 1 is 1.32 bits per heavy atom. The van der Waals surface area contributed by atoms with Crippen molar-refractivity contribution >= 4 is 23.4 Å². The summed E-state index contributed by atoms with van der Waals surface area (Å²) >= 11 is 6.21. The molecule has 0 radical (unpaired) electrons. The molecule has 0 saturated carbocycles. The second-order valence-electron chi connectivity index (χ2n) is 8.88. The van der Waals surface area contributed by atoms with E-state index >= 15 is 0 Å². The van der Waals surface area contributed by atoms with Gasteiger partial charge in [0.2, 0.25) is 0 Å². The minimum Gasteiger partial charge on any atom is -0.402 e. The molecular formula is C23H23ClF3N7O3. The summed E-state index contributed by atoms with van der Waals surface area (Å²) in [4.78, 5) is 22.5. The smallest absolute Gasteiger partial charge is 0.402 e. The van der Waals surface area contributed by atoms with Gasteiger partial charge in [-0.15, -0.1) is 13.2 Å². The van der Waals surface area contributed by atoms with Gasteiger partial charge in [0.1, 0.15) is 5.60 Å². The van der Waals surface area contributed by atoms with Crippen LogP contribution in [0.15, 0.2) is 36.8 Å². The fourth-order valence-corrected chi connectivity index (χ4v) is 4.95. The number of halogens is 4. The molecule has 3 aromatic heterocycles. The van der Waals surface area contributed by atoms with Crippen LogP contribution >= 0.6 is 11.6 Å². The Hall–Kier alpha value is -3.58. The zero-order valence-electron chi connectivity index (χ0n) is 19.6. The van der Waals surface area contributed by atoms with Crippen LogP contribution in [-0.2, 0) is 16.9 Å². The summed E-state index contributed by atoms with van der Waals surface area (Å²) in [5.41, 5.74) is 6.93. The first kappa shape index (κ1) is 25.1. The quantitative estimate of drug-likeness (QED) is 0.518. The van der Waals surface area contributed by atoms with Gasteiger partial charge in [-0.1, -0.05) is 11.6 Å². The molecule has 3 N–H and O–H groups in total. The highest BCUT2D eigenvalue weighted by Crippen LogP contribution is 2.40. The maximum absolute atomic E-state index is 13.0. The number of rotatable bonds is 4. The average molecular weight is 538 g/mol. The topological polar surface area (TPSA) is 120 Å². The van der Waals surface area contributed by atoms with Crippen LogP contribution in [0.2, 0.25) is 5.02 Å². The Bertz CT molecular complexity index is 1340. The minimum absolute atomic E-state index is 0.269. The van der Waals surface area contributed by atoms with Crippen molar-refractivity contribution in [3.8, 4) is 17.0 Å². The second kappa shape index (κ2) is 9.38. The highest BCUT2D eigenvalue weighted by atomic mass is 35.5. The number of nitrogens with zero attached hydrogens (tertiary/aromatic N) is 5. The maximum Gasteiger partial charge on any atom is 0.573 e. The van der Waals surface area contributed by atoms with Gasteiger partial charge in [0.15, 0.2) is 11.6 Å². The van der Waals surface area contributed by atoms with Crippen molar-refractivity contribution in [2.75, 3.05) is 25.4 Å². The number of nitrogen functional groups attached to an aromatic ring is 1. The van der Waals surface area contributed by atoms with Gasteiger partial charge in [0.25, 0.3) is 0 Å². The molecule has 0 aromatic carbocycles. The van der Waals surface area contributed by atoms with Crippen molar-refractivity contribution in [3.63, 3.8) is 0 Å². The van der Waals surface area contributed by atoms with E-state index in [1.165, 1.54) is 12.4 Å². The zero-order valence-corrected chi connectivity index (χ0v) is 20.4. The lowest BCUT2D eigenvalue weighted by Crippen LogP contribution is -2.44. The van der Waals surface area contributed by atoms with Gasteiger partial charge in [-0.3, -0.25) is 9.67 Å². The third kappa shape index (κ3) is 5.01. The number of likely N-dealkylation sites (tertiary alicyclic amines) is 1. The third-order valence-electron chi connectivity index (χ3n) is 6.46. The number of anilines is 1. The Morgan fingerprint density at radius 3 is 2.89 bits per heavy atom. The number of nitrogens with two attached hydrogens (primary N) is 1. The van der Waals surface area contributed by atoms with E-state index in [4.69, 9.17) is 22.1 Å². The fraction of sp³-hybridized carbons (Fsp3) is 0.391. The van der Waals surface area contributed by atoms with Gasteiger partial charge in [0, 0.05) is 37.1 Å². The maximum atomic E-state index is 13.0. The fourth-order valence-electron chi connectivity index (χ4n) is 4.67. The Kier molecular flexibility index (Phi) is 6.36. The average Bonchev–Trinajstić information content (AvgIpc) is 3.46. The molecule has 1 fully saturated rings. The Balaban J connectivity index is 1.35. The first-order valence-electron chi connectivity index (χ1n) is 11.4. The number of aromatic nitrogens is 4. The Morgan fingerprint density at radius 2 is 2.14 bits per heavy atom. The predicted octanol–water partition coefficient (Wildman–Crippen LogP) is 3.88. The summed E-state index contributed by atoms with van der Waals surface area (Å²) in [6.07, 6.45) is 0.0820. The van der Waals surface area contributed by atoms with Crippen molar-refractivity contribution in [2.24, 2.45) is 0 Å². The van der Waals surface area contributed by atoms with Crippen molar-refractivity contribution in [1.82, 2.24) is 30.0 Å². The van der Waals surface area contributed by atoms with Gasteiger partial charge in [-0.05, 0) is 30.7 Å². The number of ether oxygens (including phenoxy) is 2. The molecular weight excluding hydrogens is 515 g/mol. The second-order valence-corrected chi connectivity index (χ2v) is 9.28. The highest BCUT2D eigenvalue weighted by molar-refractivity contribution is 6.31. The summed E-state index contributed by atoms with van der Waals surface area (Å²) < 4.78 is 50.2. The van der Waals surface area contributed by atoms with Crippen LogP contribution in [-0.4, -0.2) is 56.7 Å². The number of hydrogen-bond donors (Lipinski definition) is 2. The molecule has 2 aliphatic rings. The van der Waals surface area contributed by atoms with Crippen LogP contribution in [0, 0.1) is 0 Å². The number of nitrogens with one attached hydrogen (secondary N) is 1. The summed E-state index contributed by atoms with van der Waals surface area (Å²) in [6, 6.07) is 4.03. The van der Waals surface area contributed by atoms with Crippen LogP contribution in [0.3, 0.4) is 0 Å². The lowest BCUT2D eigenvalue weighted by atomic mass is 9.96. The molecule has 2 atom stereocenters. The van der Waals surface area contributed by atoms with E-state index in [2.05, 4.69) is 25.1 Å². The van der Waals surface area contributed by atoms with Crippen LogP contribution < -0.4 is 15.8 Å². The summed E-state index contributed by atoms with van der Waals surface area (Å²) in [5, 5.41) is 7.97. The largest absolute Gasteiger partial charge is 0.573 e. The van der Waals surface area contributed by atoms with E-state index in [1.807, 2.05) is 6.92 Å². The van der Waals surface area contributed by atoms with Crippen molar-refractivity contribution < 1.29 is 27.4 Å². The lowest BCUT2D eigenvalue weighted by molar-refractivity contribution is -0.274. The summed E-state index contributed by atoms with van der Waals surface area (Å²) in [7, 11) is 0. The van der Waals surface area contributed by atoms with E-state index in [1.54, 1.807) is 27.9 Å². The molecule has 196 valence electrons. The number of urea groups is 1. The van der Waals surface area contributed by atoms with E-state index in [-0.39, 0.29) is 24.4 Å². The summed E-state index contributed by atoms with van der Waals surface area (Å²) in [6.45, 7) is 3.38. The molecule has 2 amide bonds. The number of carbonyl (C=O) groups excluding carboxylic acids is 1. The molecule has 1 saturated heterocycles. The zero-order chi connectivity index (χ0) is 26.4. The van der Waals surface area contributed by atoms with Gasteiger partial charge in [-0.25, -0.2) is 9.78 Å². The van der Waals surface area contributed by atoms with E-state index in [9.17, 15) is 18.0 Å². The molecule has 1 unspecified atom stereocenters. The Labute approximate surface area is 214 Å². The number of hydrogen-bond acceptors (Lipinski definition) is 7. The van der Waals surface area contributed by atoms with Gasteiger partial charge in [-0.2, -0.15) is 5.10 Å². The molecule has 3 aromatic rings. The molecule has 0 bridgehead atoms. The van der Waals surface area contributed by atoms with E-state index in [0.29, 0.717) is 42.4 Å². The predicted molar refractivity (Wildman–Crippen MR) is 127 cm³/mol. The number of alkyl halides is 3. The lowest BCUT2D eigenvalue weighted by Gasteiger charge is -2.34. The van der Waals surface area contributed by atoms with Crippen LogP contribution in [0.5, 0.6) is 5.75 Å². The molecule has 10 nitrogen and oxygen atoms in total. The molecule has 2 aliphatic heterocycles. The first-order valence-corrected chi connectivity index (χ1v) is 11.8. The molecule has 0 aliphatic carbocycles.